The molecule has 0 spiro atoms. The summed E-state index contributed by atoms with van der Waals surface area (Å²) in [4.78, 5) is 15.2. The summed E-state index contributed by atoms with van der Waals surface area (Å²) < 4.78 is 5.43. The highest BCUT2D eigenvalue weighted by Gasteiger charge is 2.06. The molecule has 0 saturated carbocycles. The van der Waals surface area contributed by atoms with Gasteiger partial charge in [-0.1, -0.05) is 19.4 Å². The number of hydrogen-bond acceptors (Lipinski definition) is 4. The summed E-state index contributed by atoms with van der Waals surface area (Å²) in [5.74, 6) is 4.88. The molecule has 0 aromatic heterocycles. The number of hydrogen-bond donors (Lipinski definition) is 1. The van der Waals surface area contributed by atoms with Crippen molar-refractivity contribution in [1.29, 1.82) is 0 Å². The maximum Gasteiger partial charge on any atom is 0.356 e. The largest absolute Gasteiger partial charge is 0.494 e. The molecule has 0 bridgehead atoms. The Hall–Kier alpha value is -1.55. The van der Waals surface area contributed by atoms with Crippen molar-refractivity contribution in [2.24, 2.45) is 5.90 Å². The monoisotopic (exact) mass is 209 g/mol. The highest BCUT2D eigenvalue weighted by Crippen LogP contribution is 2.14. The number of rotatable bonds is 5. The van der Waals surface area contributed by atoms with E-state index in [4.69, 9.17) is 10.6 Å². The highest BCUT2D eigenvalue weighted by molar-refractivity contribution is 5.89. The third-order valence-corrected chi connectivity index (χ3v) is 1.94. The molecule has 0 radical (unpaired) electrons. The summed E-state index contributed by atoms with van der Waals surface area (Å²) in [6.45, 7) is 2.74. The van der Waals surface area contributed by atoms with Crippen LogP contribution in [0.25, 0.3) is 0 Å². The maximum absolute atomic E-state index is 11.1. The van der Waals surface area contributed by atoms with Crippen LogP contribution < -0.4 is 10.6 Å². The van der Waals surface area contributed by atoms with Gasteiger partial charge in [-0.05, 0) is 24.6 Å². The number of carbonyl (C=O) groups is 1. The Kier molecular flexibility index (Phi) is 4.63. The molecule has 4 nitrogen and oxygen atoms in total. The van der Waals surface area contributed by atoms with Gasteiger partial charge < -0.3 is 9.57 Å². The van der Waals surface area contributed by atoms with E-state index in [1.807, 2.05) is 0 Å². The van der Waals surface area contributed by atoms with Gasteiger partial charge in [0.2, 0.25) is 0 Å². The Morgan fingerprint density at radius 3 is 2.93 bits per heavy atom. The van der Waals surface area contributed by atoms with E-state index >= 15 is 0 Å². The molecule has 4 heteroatoms. The van der Waals surface area contributed by atoms with Crippen LogP contribution in [-0.4, -0.2) is 12.6 Å². The molecule has 1 aromatic rings. The van der Waals surface area contributed by atoms with Crippen molar-refractivity contribution >= 4 is 5.97 Å². The zero-order valence-electron chi connectivity index (χ0n) is 8.73. The van der Waals surface area contributed by atoms with Gasteiger partial charge in [-0.3, -0.25) is 0 Å². The lowest BCUT2D eigenvalue weighted by Gasteiger charge is -2.06. The third kappa shape index (κ3) is 3.59. The summed E-state index contributed by atoms with van der Waals surface area (Å²) in [5, 5.41) is 0. The van der Waals surface area contributed by atoms with E-state index in [1.165, 1.54) is 0 Å². The molecule has 0 aliphatic heterocycles. The maximum atomic E-state index is 11.1. The second-order valence-corrected chi connectivity index (χ2v) is 3.14. The number of unbranched alkanes of at least 4 members (excludes halogenated alkanes) is 1. The van der Waals surface area contributed by atoms with Crippen LogP contribution in [0.15, 0.2) is 24.3 Å². The van der Waals surface area contributed by atoms with Crippen LogP contribution in [0.5, 0.6) is 5.75 Å². The van der Waals surface area contributed by atoms with E-state index in [2.05, 4.69) is 11.8 Å². The molecule has 0 aliphatic carbocycles. The standard InChI is InChI=1S/C11H15NO3/c1-2-3-7-14-10-6-4-5-9(8-10)11(13)15-12/h4-6,8H,2-3,7,12H2,1H3. The quantitative estimate of drug-likeness (QED) is 0.594. The number of nitrogens with two attached hydrogens (primary N) is 1. The summed E-state index contributed by atoms with van der Waals surface area (Å²) in [6, 6.07) is 6.77. The fourth-order valence-corrected chi connectivity index (χ4v) is 1.12. The van der Waals surface area contributed by atoms with Gasteiger partial charge in [-0.15, -0.1) is 0 Å². The van der Waals surface area contributed by atoms with Gasteiger partial charge in [0.25, 0.3) is 0 Å². The molecule has 0 atom stereocenters. The molecule has 0 heterocycles. The van der Waals surface area contributed by atoms with Crippen LogP contribution in [0.2, 0.25) is 0 Å². The van der Waals surface area contributed by atoms with E-state index in [-0.39, 0.29) is 0 Å². The number of benzene rings is 1. The van der Waals surface area contributed by atoms with E-state index in [0.717, 1.165) is 12.8 Å². The number of ether oxygens (including phenoxy) is 1. The normalized spacial score (nSPS) is 9.73. The molecule has 15 heavy (non-hydrogen) atoms. The van der Waals surface area contributed by atoms with Crippen LogP contribution in [0, 0.1) is 0 Å². The minimum absolute atomic E-state index is 0.395. The first-order chi connectivity index (χ1) is 7.27. The van der Waals surface area contributed by atoms with Gasteiger partial charge >= 0.3 is 5.97 Å². The second-order valence-electron chi connectivity index (χ2n) is 3.14. The first kappa shape index (κ1) is 11.5. The lowest BCUT2D eigenvalue weighted by molar-refractivity contribution is 0.0503. The molecular weight excluding hydrogens is 194 g/mol. The molecule has 1 aromatic carbocycles. The molecule has 1 rings (SSSR count). The molecule has 0 aliphatic rings. The van der Waals surface area contributed by atoms with Gasteiger partial charge in [-0.2, -0.15) is 5.90 Å². The van der Waals surface area contributed by atoms with Gasteiger partial charge in [0, 0.05) is 0 Å². The van der Waals surface area contributed by atoms with Crippen LogP contribution in [0.1, 0.15) is 30.1 Å². The smallest absolute Gasteiger partial charge is 0.356 e. The van der Waals surface area contributed by atoms with E-state index < -0.39 is 5.97 Å². The van der Waals surface area contributed by atoms with Crippen molar-refractivity contribution in [3.63, 3.8) is 0 Å². The average Bonchev–Trinajstić information content (AvgIpc) is 2.29. The van der Waals surface area contributed by atoms with Crippen LogP contribution >= 0.6 is 0 Å². The Balaban J connectivity index is 2.62. The lowest BCUT2D eigenvalue weighted by atomic mass is 10.2. The van der Waals surface area contributed by atoms with Crippen LogP contribution in [0.4, 0.5) is 0 Å². The predicted octanol–water partition coefficient (Wildman–Crippen LogP) is 1.90. The van der Waals surface area contributed by atoms with Crippen molar-refractivity contribution < 1.29 is 14.4 Å². The van der Waals surface area contributed by atoms with E-state index in [0.29, 0.717) is 17.9 Å². The third-order valence-electron chi connectivity index (χ3n) is 1.94. The molecule has 2 N–H and O–H groups in total. The minimum atomic E-state index is -0.559. The second kappa shape index (κ2) is 6.03. The Labute approximate surface area is 88.9 Å². The first-order valence-electron chi connectivity index (χ1n) is 4.92. The summed E-state index contributed by atoms with van der Waals surface area (Å²) in [7, 11) is 0. The van der Waals surface area contributed by atoms with Crippen molar-refractivity contribution in [1.82, 2.24) is 0 Å². The van der Waals surface area contributed by atoms with Crippen molar-refractivity contribution in [2.45, 2.75) is 19.8 Å². The fraction of sp³-hybridized carbons (Fsp3) is 0.364. The van der Waals surface area contributed by atoms with Crippen LogP contribution in [-0.2, 0) is 4.84 Å². The zero-order valence-corrected chi connectivity index (χ0v) is 8.73. The summed E-state index contributed by atoms with van der Waals surface area (Å²) >= 11 is 0. The molecule has 0 fully saturated rings. The Morgan fingerprint density at radius 2 is 2.27 bits per heavy atom. The van der Waals surface area contributed by atoms with Crippen molar-refractivity contribution in [3.8, 4) is 5.75 Å². The SMILES string of the molecule is CCCCOc1cccc(C(=O)ON)c1. The molecule has 0 amide bonds. The van der Waals surface area contributed by atoms with E-state index in [1.54, 1.807) is 24.3 Å². The Bertz CT molecular complexity index is 325. The van der Waals surface area contributed by atoms with Crippen molar-refractivity contribution in [2.75, 3.05) is 6.61 Å². The first-order valence-corrected chi connectivity index (χ1v) is 4.92. The zero-order chi connectivity index (χ0) is 11.1. The summed E-state index contributed by atoms with van der Waals surface area (Å²) in [6.07, 6.45) is 2.07. The highest BCUT2D eigenvalue weighted by atomic mass is 16.7. The fourth-order valence-electron chi connectivity index (χ4n) is 1.12. The van der Waals surface area contributed by atoms with Gasteiger partial charge in [-0.25, -0.2) is 4.79 Å². The van der Waals surface area contributed by atoms with E-state index in [9.17, 15) is 4.79 Å². The van der Waals surface area contributed by atoms with Crippen LogP contribution in [0.3, 0.4) is 0 Å². The minimum Gasteiger partial charge on any atom is -0.494 e. The molecular formula is C11H15NO3. The van der Waals surface area contributed by atoms with Gasteiger partial charge in [0.05, 0.1) is 12.2 Å². The molecule has 82 valence electrons. The van der Waals surface area contributed by atoms with Gasteiger partial charge in [0.1, 0.15) is 5.75 Å². The average molecular weight is 209 g/mol. The van der Waals surface area contributed by atoms with Gasteiger partial charge in [0.15, 0.2) is 0 Å². The number of carbonyl (C=O) groups excluding carboxylic acids is 1. The van der Waals surface area contributed by atoms with Crippen molar-refractivity contribution in [3.05, 3.63) is 29.8 Å². The predicted molar refractivity (Wildman–Crippen MR) is 56.4 cm³/mol. The summed E-state index contributed by atoms with van der Waals surface area (Å²) in [5.41, 5.74) is 0.395. The molecule has 0 unspecified atom stereocenters. The molecule has 0 saturated heterocycles. The topological polar surface area (TPSA) is 61.5 Å². The lowest BCUT2D eigenvalue weighted by Crippen LogP contribution is -2.10. The Morgan fingerprint density at radius 1 is 1.47 bits per heavy atom.